The molecule has 6 heteroatoms. The zero-order chi connectivity index (χ0) is 38.7. The van der Waals surface area contributed by atoms with E-state index in [1.54, 1.807) is 6.08 Å². The summed E-state index contributed by atoms with van der Waals surface area (Å²) < 4.78 is 5.44. The second kappa shape index (κ2) is 43.3. The van der Waals surface area contributed by atoms with Crippen molar-refractivity contribution >= 4 is 11.9 Å². The molecule has 0 aliphatic carbocycles. The van der Waals surface area contributed by atoms with Crippen LogP contribution >= 0.6 is 0 Å². The van der Waals surface area contributed by atoms with Crippen LogP contribution in [-0.4, -0.2) is 47.4 Å². The van der Waals surface area contributed by atoms with Gasteiger partial charge in [-0.3, -0.25) is 9.59 Å². The molecule has 0 spiro atoms. The average Bonchev–Trinajstić information content (AvgIpc) is 3.16. The molecule has 0 bridgehead atoms. The Morgan fingerprint density at radius 3 is 1.28 bits per heavy atom. The summed E-state index contributed by atoms with van der Waals surface area (Å²) in [7, 11) is 0. The minimum Gasteiger partial charge on any atom is -0.466 e. The summed E-state index contributed by atoms with van der Waals surface area (Å²) in [5, 5.41) is 22.9. The van der Waals surface area contributed by atoms with Crippen molar-refractivity contribution in [3.05, 3.63) is 12.2 Å². The van der Waals surface area contributed by atoms with Crippen molar-refractivity contribution in [2.24, 2.45) is 0 Å². The monoisotopic (exact) mass is 750 g/mol. The third kappa shape index (κ3) is 40.1. The normalized spacial score (nSPS) is 12.8. The number of esters is 1. The van der Waals surface area contributed by atoms with E-state index in [4.69, 9.17) is 4.74 Å². The first-order valence-electron chi connectivity index (χ1n) is 23.5. The van der Waals surface area contributed by atoms with Gasteiger partial charge in [-0.2, -0.15) is 0 Å². The summed E-state index contributed by atoms with van der Waals surface area (Å²) in [4.78, 5) is 24.4. The predicted molar refractivity (Wildman–Crippen MR) is 227 cm³/mol. The molecule has 0 saturated carbocycles. The van der Waals surface area contributed by atoms with Gasteiger partial charge in [0, 0.05) is 12.8 Å². The number of allylic oxidation sites excluding steroid dienone is 1. The van der Waals surface area contributed by atoms with E-state index in [0.29, 0.717) is 19.4 Å². The van der Waals surface area contributed by atoms with Gasteiger partial charge in [0.1, 0.15) is 0 Å². The van der Waals surface area contributed by atoms with Crippen molar-refractivity contribution < 1.29 is 24.5 Å². The Kier molecular flexibility index (Phi) is 42.2. The Balaban J connectivity index is 3.50. The van der Waals surface area contributed by atoms with E-state index in [2.05, 4.69) is 19.2 Å². The summed E-state index contributed by atoms with van der Waals surface area (Å²) in [6, 6.07) is -0.645. The van der Waals surface area contributed by atoms with E-state index in [9.17, 15) is 19.8 Å². The lowest BCUT2D eigenvalue weighted by Gasteiger charge is -2.20. The highest BCUT2D eigenvalue weighted by molar-refractivity contribution is 5.76. The van der Waals surface area contributed by atoms with Gasteiger partial charge < -0.3 is 20.3 Å². The van der Waals surface area contributed by atoms with Crippen LogP contribution in [0.4, 0.5) is 0 Å². The fourth-order valence-corrected chi connectivity index (χ4v) is 7.16. The molecular formula is C47H91NO5. The summed E-state index contributed by atoms with van der Waals surface area (Å²) in [6.45, 7) is 4.83. The minimum absolute atomic E-state index is 0.0249. The van der Waals surface area contributed by atoms with Crippen LogP contribution in [0.2, 0.25) is 0 Å². The maximum absolute atomic E-state index is 12.4. The van der Waals surface area contributed by atoms with Crippen LogP contribution in [0.25, 0.3) is 0 Å². The zero-order valence-corrected chi connectivity index (χ0v) is 35.5. The highest BCUT2D eigenvalue weighted by atomic mass is 16.5. The Morgan fingerprint density at radius 2 is 0.868 bits per heavy atom. The molecule has 6 nitrogen and oxygen atoms in total. The Morgan fingerprint density at radius 1 is 0.509 bits per heavy atom. The van der Waals surface area contributed by atoms with Crippen molar-refractivity contribution in [3.63, 3.8) is 0 Å². The molecule has 0 saturated heterocycles. The van der Waals surface area contributed by atoms with Crippen molar-refractivity contribution in [1.82, 2.24) is 5.32 Å². The van der Waals surface area contributed by atoms with Crippen LogP contribution in [0.1, 0.15) is 251 Å². The third-order valence-corrected chi connectivity index (χ3v) is 10.8. The maximum atomic E-state index is 12.4. The SMILES string of the molecule is CCCCCCCCCCCC/C=C/C(O)C(CO)NC(=O)CCCCCCCCCCCOC(=O)CCCCCCCCCCCCCCCCC. The number of amides is 1. The van der Waals surface area contributed by atoms with E-state index >= 15 is 0 Å². The van der Waals surface area contributed by atoms with Gasteiger partial charge in [0.05, 0.1) is 25.4 Å². The second-order valence-electron chi connectivity index (χ2n) is 16.1. The average molecular weight is 750 g/mol. The quantitative estimate of drug-likeness (QED) is 0.0328. The van der Waals surface area contributed by atoms with Crippen LogP contribution in [0.5, 0.6) is 0 Å². The van der Waals surface area contributed by atoms with Gasteiger partial charge >= 0.3 is 5.97 Å². The Bertz CT molecular complexity index is 787. The molecule has 0 aliphatic heterocycles. The van der Waals surface area contributed by atoms with E-state index in [-0.39, 0.29) is 18.5 Å². The maximum Gasteiger partial charge on any atom is 0.305 e. The number of carbonyl (C=O) groups is 2. The summed E-state index contributed by atoms with van der Waals surface area (Å²) in [6.07, 6.45) is 47.7. The van der Waals surface area contributed by atoms with Crippen molar-refractivity contribution in [1.29, 1.82) is 0 Å². The molecule has 53 heavy (non-hydrogen) atoms. The van der Waals surface area contributed by atoms with Crippen LogP contribution in [-0.2, 0) is 14.3 Å². The van der Waals surface area contributed by atoms with Gasteiger partial charge in [-0.05, 0) is 32.1 Å². The number of nitrogens with one attached hydrogen (secondary N) is 1. The standard InChI is InChI=1S/C47H91NO5/c1-3-5-7-9-11-13-15-17-18-19-21-25-29-33-37-41-47(52)53-42-38-34-30-26-22-24-28-32-36-40-46(51)48-44(43-49)45(50)39-35-31-27-23-20-16-14-12-10-8-6-4-2/h35,39,44-45,49-50H,3-34,36-38,40-43H2,1-2H3,(H,48,51)/b39-35+. The number of ether oxygens (including phenoxy) is 1. The number of rotatable bonds is 43. The molecule has 314 valence electrons. The first-order chi connectivity index (χ1) is 26.0. The fraction of sp³-hybridized carbons (Fsp3) is 0.915. The molecule has 0 rings (SSSR count). The smallest absolute Gasteiger partial charge is 0.305 e. The van der Waals surface area contributed by atoms with Gasteiger partial charge in [-0.15, -0.1) is 0 Å². The third-order valence-electron chi connectivity index (χ3n) is 10.8. The zero-order valence-electron chi connectivity index (χ0n) is 35.5. The summed E-state index contributed by atoms with van der Waals surface area (Å²) in [5.41, 5.74) is 0. The number of carbonyl (C=O) groups excluding carboxylic acids is 2. The van der Waals surface area contributed by atoms with E-state index in [1.165, 1.54) is 167 Å². The van der Waals surface area contributed by atoms with E-state index in [1.807, 2.05) is 6.08 Å². The van der Waals surface area contributed by atoms with Gasteiger partial charge in [-0.25, -0.2) is 0 Å². The molecule has 0 heterocycles. The number of aliphatic hydroxyl groups is 2. The Hall–Kier alpha value is -1.40. The molecule has 0 aliphatic rings. The molecule has 2 unspecified atom stereocenters. The van der Waals surface area contributed by atoms with Gasteiger partial charge in [0.25, 0.3) is 0 Å². The lowest BCUT2D eigenvalue weighted by atomic mass is 10.0. The summed E-state index contributed by atoms with van der Waals surface area (Å²) >= 11 is 0. The molecular weight excluding hydrogens is 659 g/mol. The van der Waals surface area contributed by atoms with Crippen molar-refractivity contribution in [2.75, 3.05) is 13.2 Å². The van der Waals surface area contributed by atoms with Crippen LogP contribution in [0.3, 0.4) is 0 Å². The molecule has 1 amide bonds. The molecule has 0 aromatic carbocycles. The van der Waals surface area contributed by atoms with Crippen LogP contribution in [0, 0.1) is 0 Å². The summed E-state index contributed by atoms with van der Waals surface area (Å²) in [5.74, 6) is -0.121. The van der Waals surface area contributed by atoms with Crippen LogP contribution in [0.15, 0.2) is 12.2 Å². The molecule has 3 N–H and O–H groups in total. The number of hydrogen-bond donors (Lipinski definition) is 3. The van der Waals surface area contributed by atoms with Gasteiger partial charge in [-0.1, -0.05) is 219 Å². The van der Waals surface area contributed by atoms with E-state index in [0.717, 1.165) is 57.8 Å². The van der Waals surface area contributed by atoms with Crippen molar-refractivity contribution in [3.8, 4) is 0 Å². The van der Waals surface area contributed by atoms with Crippen molar-refractivity contribution in [2.45, 2.75) is 264 Å². The first-order valence-corrected chi connectivity index (χ1v) is 23.5. The van der Waals surface area contributed by atoms with E-state index < -0.39 is 12.1 Å². The lowest BCUT2D eigenvalue weighted by molar-refractivity contribution is -0.143. The predicted octanol–water partition coefficient (Wildman–Crippen LogP) is 13.4. The number of aliphatic hydroxyl groups excluding tert-OH is 2. The molecule has 0 aromatic rings. The van der Waals surface area contributed by atoms with Gasteiger partial charge in [0.2, 0.25) is 5.91 Å². The lowest BCUT2D eigenvalue weighted by Crippen LogP contribution is -2.45. The van der Waals surface area contributed by atoms with Crippen LogP contribution < -0.4 is 5.32 Å². The second-order valence-corrected chi connectivity index (χ2v) is 16.1. The minimum atomic E-state index is -0.859. The number of hydrogen-bond acceptors (Lipinski definition) is 5. The molecule has 0 fully saturated rings. The Labute approximate surface area is 329 Å². The topological polar surface area (TPSA) is 95.9 Å². The highest BCUT2D eigenvalue weighted by Crippen LogP contribution is 2.15. The molecule has 0 radical (unpaired) electrons. The molecule has 0 aromatic heterocycles. The molecule has 2 atom stereocenters. The fourth-order valence-electron chi connectivity index (χ4n) is 7.16. The highest BCUT2D eigenvalue weighted by Gasteiger charge is 2.18. The van der Waals surface area contributed by atoms with Gasteiger partial charge in [0.15, 0.2) is 0 Å². The first kappa shape index (κ1) is 51.6. The largest absolute Gasteiger partial charge is 0.466 e. The number of unbranched alkanes of at least 4 members (excludes halogenated alkanes) is 32.